The van der Waals surface area contributed by atoms with E-state index < -0.39 is 24.6 Å². The second-order valence-electron chi connectivity index (χ2n) is 4.08. The summed E-state index contributed by atoms with van der Waals surface area (Å²) in [4.78, 5) is 10.5. The first-order valence-electron chi connectivity index (χ1n) is 5.34. The van der Waals surface area contributed by atoms with E-state index in [1.807, 2.05) is 16.8 Å². The standard InChI is InChI=1S/C11H14F3NO2S/c1-7(4-8-2-3-18-6-8)15-5-9(10(16)17)11(12,13)14/h2-3,6-7,9,15H,4-5H2,1H3,(H,16,17). The molecule has 0 aromatic carbocycles. The number of carboxylic acid groups (broad SMARTS) is 1. The minimum Gasteiger partial charge on any atom is -0.481 e. The van der Waals surface area contributed by atoms with Crippen molar-refractivity contribution in [2.24, 2.45) is 5.92 Å². The summed E-state index contributed by atoms with van der Waals surface area (Å²) in [6, 6.07) is 1.69. The summed E-state index contributed by atoms with van der Waals surface area (Å²) in [5.41, 5.74) is 1.03. The zero-order chi connectivity index (χ0) is 13.8. The SMILES string of the molecule is CC(Cc1ccsc1)NCC(C(=O)O)C(F)(F)F. The smallest absolute Gasteiger partial charge is 0.403 e. The molecule has 1 rings (SSSR count). The minimum absolute atomic E-state index is 0.205. The summed E-state index contributed by atoms with van der Waals surface area (Å²) in [6.07, 6.45) is -4.14. The molecule has 1 aromatic rings. The molecule has 0 radical (unpaired) electrons. The number of aliphatic carboxylic acids is 1. The van der Waals surface area contributed by atoms with Crippen LogP contribution < -0.4 is 5.32 Å². The molecule has 1 aromatic heterocycles. The van der Waals surface area contributed by atoms with Crippen LogP contribution in [0.4, 0.5) is 13.2 Å². The summed E-state index contributed by atoms with van der Waals surface area (Å²) < 4.78 is 37.1. The molecule has 2 N–H and O–H groups in total. The van der Waals surface area contributed by atoms with Gasteiger partial charge in [0.15, 0.2) is 5.92 Å². The van der Waals surface area contributed by atoms with Gasteiger partial charge in [-0.25, -0.2) is 0 Å². The van der Waals surface area contributed by atoms with Gasteiger partial charge >= 0.3 is 12.1 Å². The second-order valence-corrected chi connectivity index (χ2v) is 4.86. The largest absolute Gasteiger partial charge is 0.481 e. The molecule has 18 heavy (non-hydrogen) atoms. The van der Waals surface area contributed by atoms with Crippen LogP contribution >= 0.6 is 11.3 Å². The number of nitrogens with one attached hydrogen (secondary N) is 1. The van der Waals surface area contributed by atoms with Crippen LogP contribution in [-0.2, 0) is 11.2 Å². The van der Waals surface area contributed by atoms with Gasteiger partial charge in [-0.3, -0.25) is 4.79 Å². The Morgan fingerprint density at radius 2 is 2.22 bits per heavy atom. The van der Waals surface area contributed by atoms with Gasteiger partial charge in [0.05, 0.1) is 0 Å². The number of hydrogen-bond acceptors (Lipinski definition) is 3. The van der Waals surface area contributed by atoms with Crippen molar-refractivity contribution in [3.05, 3.63) is 22.4 Å². The van der Waals surface area contributed by atoms with Crippen molar-refractivity contribution in [3.63, 3.8) is 0 Å². The Bertz CT molecular complexity index is 378. The van der Waals surface area contributed by atoms with Gasteiger partial charge in [0.1, 0.15) is 0 Å². The van der Waals surface area contributed by atoms with Crippen LogP contribution in [0.2, 0.25) is 0 Å². The molecule has 2 atom stereocenters. The lowest BCUT2D eigenvalue weighted by Gasteiger charge is -2.19. The fraction of sp³-hybridized carbons (Fsp3) is 0.545. The van der Waals surface area contributed by atoms with Gasteiger partial charge in [-0.05, 0) is 35.7 Å². The van der Waals surface area contributed by atoms with Gasteiger partial charge < -0.3 is 10.4 Å². The quantitative estimate of drug-likeness (QED) is 0.842. The van der Waals surface area contributed by atoms with Crippen molar-refractivity contribution >= 4 is 17.3 Å². The topological polar surface area (TPSA) is 49.3 Å². The highest BCUT2D eigenvalue weighted by Gasteiger charge is 2.44. The molecule has 0 aliphatic heterocycles. The normalized spacial score (nSPS) is 15.3. The van der Waals surface area contributed by atoms with E-state index in [1.165, 1.54) is 11.3 Å². The molecular weight excluding hydrogens is 267 g/mol. The zero-order valence-electron chi connectivity index (χ0n) is 9.70. The first-order chi connectivity index (χ1) is 8.30. The van der Waals surface area contributed by atoms with Crippen molar-refractivity contribution in [3.8, 4) is 0 Å². The predicted octanol–water partition coefficient (Wildman–Crippen LogP) is 2.53. The van der Waals surface area contributed by atoms with Crippen LogP contribution in [0.3, 0.4) is 0 Å². The number of thiophene rings is 1. The molecule has 7 heteroatoms. The molecular formula is C11H14F3NO2S. The lowest BCUT2D eigenvalue weighted by Crippen LogP contribution is -2.42. The summed E-state index contributed by atoms with van der Waals surface area (Å²) >= 11 is 1.51. The Labute approximate surface area is 107 Å². The molecule has 3 nitrogen and oxygen atoms in total. The third kappa shape index (κ3) is 4.66. The van der Waals surface area contributed by atoms with Gasteiger partial charge in [-0.15, -0.1) is 0 Å². The van der Waals surface area contributed by atoms with Crippen LogP contribution in [0.5, 0.6) is 0 Å². The molecule has 0 aliphatic rings. The maximum absolute atomic E-state index is 12.4. The summed E-state index contributed by atoms with van der Waals surface area (Å²) in [6.45, 7) is 1.12. The highest BCUT2D eigenvalue weighted by atomic mass is 32.1. The summed E-state index contributed by atoms with van der Waals surface area (Å²) in [5.74, 6) is -4.21. The Kier molecular flexibility index (Phi) is 5.15. The monoisotopic (exact) mass is 281 g/mol. The highest BCUT2D eigenvalue weighted by Crippen LogP contribution is 2.26. The number of carboxylic acids is 1. The third-order valence-corrected chi connectivity index (χ3v) is 3.22. The van der Waals surface area contributed by atoms with Gasteiger partial charge in [-0.1, -0.05) is 0 Å². The lowest BCUT2D eigenvalue weighted by atomic mass is 10.1. The van der Waals surface area contributed by atoms with Crippen molar-refractivity contribution in [1.82, 2.24) is 5.32 Å². The maximum atomic E-state index is 12.4. The fourth-order valence-corrected chi connectivity index (χ4v) is 2.18. The van der Waals surface area contributed by atoms with E-state index in [0.717, 1.165) is 5.56 Å². The molecule has 0 amide bonds. The minimum atomic E-state index is -4.72. The van der Waals surface area contributed by atoms with E-state index in [2.05, 4.69) is 5.32 Å². The molecule has 0 saturated carbocycles. The Hall–Kier alpha value is -1.08. The molecule has 0 aliphatic carbocycles. The van der Waals surface area contributed by atoms with Gasteiger partial charge in [0.25, 0.3) is 0 Å². The van der Waals surface area contributed by atoms with E-state index in [4.69, 9.17) is 5.11 Å². The fourth-order valence-electron chi connectivity index (χ4n) is 1.50. The average molecular weight is 281 g/mol. The molecule has 0 spiro atoms. The van der Waals surface area contributed by atoms with Crippen molar-refractivity contribution in [2.45, 2.75) is 25.6 Å². The maximum Gasteiger partial charge on any atom is 0.403 e. The number of hydrogen-bond donors (Lipinski definition) is 2. The van der Waals surface area contributed by atoms with Crippen LogP contribution in [-0.4, -0.2) is 29.8 Å². The van der Waals surface area contributed by atoms with Gasteiger partial charge in [0.2, 0.25) is 0 Å². The molecule has 1 heterocycles. The Balaban J connectivity index is 2.45. The number of rotatable bonds is 6. The van der Waals surface area contributed by atoms with Crippen molar-refractivity contribution < 1.29 is 23.1 Å². The zero-order valence-corrected chi connectivity index (χ0v) is 10.5. The molecule has 102 valence electrons. The van der Waals surface area contributed by atoms with Gasteiger partial charge in [-0.2, -0.15) is 24.5 Å². The van der Waals surface area contributed by atoms with E-state index in [9.17, 15) is 18.0 Å². The average Bonchev–Trinajstić information content (AvgIpc) is 2.67. The molecule has 0 saturated heterocycles. The van der Waals surface area contributed by atoms with Crippen molar-refractivity contribution in [2.75, 3.05) is 6.54 Å². The van der Waals surface area contributed by atoms with Crippen LogP contribution in [0.15, 0.2) is 16.8 Å². The second kappa shape index (κ2) is 6.19. The van der Waals surface area contributed by atoms with E-state index >= 15 is 0 Å². The highest BCUT2D eigenvalue weighted by molar-refractivity contribution is 7.07. The molecule has 0 bridgehead atoms. The third-order valence-electron chi connectivity index (χ3n) is 2.49. The summed E-state index contributed by atoms with van der Waals surface area (Å²) in [5, 5.41) is 14.9. The first kappa shape index (κ1) is 15.0. The molecule has 0 fully saturated rings. The Morgan fingerprint density at radius 3 is 2.67 bits per heavy atom. The van der Waals surface area contributed by atoms with E-state index in [0.29, 0.717) is 6.42 Å². The van der Waals surface area contributed by atoms with Crippen LogP contribution in [0.25, 0.3) is 0 Å². The number of carbonyl (C=O) groups is 1. The lowest BCUT2D eigenvalue weighted by molar-refractivity contribution is -0.192. The number of halogens is 3. The van der Waals surface area contributed by atoms with Gasteiger partial charge in [0, 0.05) is 12.6 Å². The van der Waals surface area contributed by atoms with E-state index in [1.54, 1.807) is 6.92 Å². The van der Waals surface area contributed by atoms with Crippen molar-refractivity contribution in [1.29, 1.82) is 0 Å². The van der Waals surface area contributed by atoms with Crippen LogP contribution in [0.1, 0.15) is 12.5 Å². The predicted molar refractivity (Wildman–Crippen MR) is 62.7 cm³/mol. The number of alkyl halides is 3. The van der Waals surface area contributed by atoms with E-state index in [-0.39, 0.29) is 6.04 Å². The van der Waals surface area contributed by atoms with Crippen LogP contribution in [0, 0.1) is 5.92 Å². The summed E-state index contributed by atoms with van der Waals surface area (Å²) in [7, 11) is 0. The first-order valence-corrected chi connectivity index (χ1v) is 6.29. The Morgan fingerprint density at radius 1 is 1.56 bits per heavy atom. The molecule has 2 unspecified atom stereocenters.